The Kier molecular flexibility index (Phi) is 8.33. The van der Waals surface area contributed by atoms with Gasteiger partial charge in [0.25, 0.3) is 0 Å². The zero-order chi connectivity index (χ0) is 24.8. The first-order valence-corrected chi connectivity index (χ1v) is 12.7. The molecule has 1 saturated carbocycles. The number of aryl methyl sites for hydroxylation is 1. The molecule has 0 bridgehead atoms. The van der Waals surface area contributed by atoms with Crippen molar-refractivity contribution < 1.29 is 17.9 Å². The fourth-order valence-corrected chi connectivity index (χ4v) is 5.00. The molecule has 184 valence electrons. The van der Waals surface area contributed by atoms with Crippen LogP contribution in [0.3, 0.4) is 0 Å². The van der Waals surface area contributed by atoms with Crippen LogP contribution >= 0.6 is 0 Å². The molecule has 3 aromatic rings. The lowest BCUT2D eigenvalue weighted by Crippen LogP contribution is -2.13. The van der Waals surface area contributed by atoms with E-state index in [1.807, 2.05) is 43.3 Å². The van der Waals surface area contributed by atoms with Gasteiger partial charge in [-0.3, -0.25) is 0 Å². The number of allylic oxidation sites excluding steroid dienone is 1. The van der Waals surface area contributed by atoms with Crippen molar-refractivity contribution in [1.82, 2.24) is 0 Å². The SMILES string of the molecule is CCCc1ccc(-c2ccc(C3CCC(/C=C/c4ccc(OCC)cc4F)CC3)c(F)c2F)cc1. The summed E-state index contributed by atoms with van der Waals surface area (Å²) in [5, 5.41) is 0. The molecule has 0 unspecified atom stereocenters. The van der Waals surface area contributed by atoms with E-state index < -0.39 is 11.6 Å². The molecule has 4 rings (SSSR count). The van der Waals surface area contributed by atoms with Crippen LogP contribution < -0.4 is 4.74 Å². The standard InChI is InChI=1S/C31H33F3O/c1-3-5-21-6-11-23(12-7-21)27-18-19-28(31(34)30(27)33)24-13-8-22(9-14-24)10-15-25-16-17-26(35-4-2)20-29(25)32/h6-7,10-12,15-20,22,24H,3-5,8-9,13-14H2,1-2H3/b15-10+. The predicted octanol–water partition coefficient (Wildman–Crippen LogP) is 9.11. The Morgan fingerprint density at radius 2 is 1.60 bits per heavy atom. The molecule has 1 aliphatic carbocycles. The molecule has 0 aliphatic heterocycles. The van der Waals surface area contributed by atoms with Crippen molar-refractivity contribution >= 4 is 6.08 Å². The molecule has 1 fully saturated rings. The molecule has 1 aliphatic rings. The summed E-state index contributed by atoms with van der Waals surface area (Å²) in [7, 11) is 0. The van der Waals surface area contributed by atoms with Gasteiger partial charge in [-0.2, -0.15) is 0 Å². The fraction of sp³-hybridized carbons (Fsp3) is 0.355. The summed E-state index contributed by atoms with van der Waals surface area (Å²) in [6.45, 7) is 4.48. The summed E-state index contributed by atoms with van der Waals surface area (Å²) in [5.74, 6) is -0.979. The van der Waals surface area contributed by atoms with Gasteiger partial charge in [0.2, 0.25) is 0 Å². The maximum Gasteiger partial charge on any atom is 0.166 e. The van der Waals surface area contributed by atoms with Gasteiger partial charge in [-0.25, -0.2) is 13.2 Å². The number of hydrogen-bond donors (Lipinski definition) is 0. The van der Waals surface area contributed by atoms with Crippen molar-refractivity contribution in [2.24, 2.45) is 5.92 Å². The first kappa shape index (κ1) is 25.1. The summed E-state index contributed by atoms with van der Waals surface area (Å²) in [6, 6.07) is 16.1. The zero-order valence-electron chi connectivity index (χ0n) is 20.5. The van der Waals surface area contributed by atoms with E-state index >= 15 is 8.78 Å². The molecule has 0 saturated heterocycles. The third-order valence-corrected chi connectivity index (χ3v) is 6.96. The van der Waals surface area contributed by atoms with Gasteiger partial charge in [-0.05, 0) is 79.7 Å². The predicted molar refractivity (Wildman–Crippen MR) is 137 cm³/mol. The molecule has 0 radical (unpaired) electrons. The minimum absolute atomic E-state index is 0.00246. The van der Waals surface area contributed by atoms with E-state index in [1.165, 1.54) is 11.6 Å². The Morgan fingerprint density at radius 1 is 0.857 bits per heavy atom. The van der Waals surface area contributed by atoms with E-state index in [2.05, 4.69) is 6.92 Å². The van der Waals surface area contributed by atoms with Crippen molar-refractivity contribution in [3.05, 3.63) is 94.8 Å². The highest BCUT2D eigenvalue weighted by molar-refractivity contribution is 5.65. The molecule has 0 N–H and O–H groups in total. The summed E-state index contributed by atoms with van der Waals surface area (Å²) in [4.78, 5) is 0. The van der Waals surface area contributed by atoms with Crippen LogP contribution in [0.4, 0.5) is 13.2 Å². The molecule has 35 heavy (non-hydrogen) atoms. The molecule has 0 amide bonds. The number of benzene rings is 3. The second-order valence-electron chi connectivity index (χ2n) is 9.36. The highest BCUT2D eigenvalue weighted by Gasteiger charge is 2.25. The smallest absolute Gasteiger partial charge is 0.166 e. The number of ether oxygens (including phenoxy) is 1. The van der Waals surface area contributed by atoms with Gasteiger partial charge in [0.05, 0.1) is 6.61 Å². The average molecular weight is 479 g/mol. The van der Waals surface area contributed by atoms with Crippen LogP contribution in [0.2, 0.25) is 0 Å². The Hall–Kier alpha value is -3.01. The maximum absolute atomic E-state index is 15.1. The number of halogens is 3. The molecular formula is C31H33F3O. The molecule has 1 nitrogen and oxygen atoms in total. The van der Waals surface area contributed by atoms with Crippen LogP contribution in [-0.2, 0) is 6.42 Å². The third-order valence-electron chi connectivity index (χ3n) is 6.96. The lowest BCUT2D eigenvalue weighted by atomic mass is 9.78. The van der Waals surface area contributed by atoms with Crippen LogP contribution in [0.15, 0.2) is 60.7 Å². The van der Waals surface area contributed by atoms with E-state index in [0.717, 1.165) is 38.5 Å². The lowest BCUT2D eigenvalue weighted by Gasteiger charge is -2.27. The highest BCUT2D eigenvalue weighted by Crippen LogP contribution is 2.39. The van der Waals surface area contributed by atoms with Crippen molar-refractivity contribution in [3.63, 3.8) is 0 Å². The Balaban J connectivity index is 1.40. The van der Waals surface area contributed by atoms with Crippen molar-refractivity contribution in [2.75, 3.05) is 6.61 Å². The Bertz CT molecular complexity index is 1160. The second kappa shape index (κ2) is 11.6. The van der Waals surface area contributed by atoms with Gasteiger partial charge in [-0.1, -0.05) is 61.9 Å². The first-order valence-electron chi connectivity index (χ1n) is 12.7. The lowest BCUT2D eigenvalue weighted by molar-refractivity contribution is 0.338. The molecular weight excluding hydrogens is 445 g/mol. The topological polar surface area (TPSA) is 9.23 Å². The van der Waals surface area contributed by atoms with Crippen molar-refractivity contribution in [2.45, 2.75) is 58.3 Å². The summed E-state index contributed by atoms with van der Waals surface area (Å²) in [5.41, 5.74) is 3.20. The molecule has 0 heterocycles. The average Bonchev–Trinajstić information content (AvgIpc) is 2.87. The molecule has 0 aromatic heterocycles. The summed E-state index contributed by atoms with van der Waals surface area (Å²) >= 11 is 0. The van der Waals surface area contributed by atoms with Crippen LogP contribution in [0.5, 0.6) is 5.75 Å². The van der Waals surface area contributed by atoms with Gasteiger partial charge in [0.15, 0.2) is 11.6 Å². The largest absolute Gasteiger partial charge is 0.494 e. The third kappa shape index (κ3) is 5.98. The van der Waals surface area contributed by atoms with Gasteiger partial charge < -0.3 is 4.74 Å². The van der Waals surface area contributed by atoms with Crippen LogP contribution in [-0.4, -0.2) is 6.61 Å². The van der Waals surface area contributed by atoms with Gasteiger partial charge >= 0.3 is 0 Å². The summed E-state index contributed by atoms with van der Waals surface area (Å²) < 4.78 is 49.7. The van der Waals surface area contributed by atoms with Gasteiger partial charge in [0.1, 0.15) is 11.6 Å². The maximum atomic E-state index is 15.1. The van der Waals surface area contributed by atoms with E-state index in [9.17, 15) is 4.39 Å². The minimum atomic E-state index is -0.765. The summed E-state index contributed by atoms with van der Waals surface area (Å²) in [6.07, 6.45) is 9.16. The number of rotatable bonds is 8. The van der Waals surface area contributed by atoms with E-state index in [0.29, 0.717) is 40.5 Å². The van der Waals surface area contributed by atoms with E-state index in [-0.39, 0.29) is 11.7 Å². The highest BCUT2D eigenvalue weighted by atomic mass is 19.2. The van der Waals surface area contributed by atoms with Gasteiger partial charge in [0, 0.05) is 17.2 Å². The zero-order valence-corrected chi connectivity index (χ0v) is 20.5. The quantitative estimate of drug-likeness (QED) is 0.314. The molecule has 0 spiro atoms. The van der Waals surface area contributed by atoms with Crippen LogP contribution in [0.1, 0.15) is 68.6 Å². The van der Waals surface area contributed by atoms with Crippen LogP contribution in [0.25, 0.3) is 17.2 Å². The minimum Gasteiger partial charge on any atom is -0.494 e. The second-order valence-corrected chi connectivity index (χ2v) is 9.36. The monoisotopic (exact) mass is 478 g/mol. The first-order chi connectivity index (χ1) is 17.0. The van der Waals surface area contributed by atoms with Crippen molar-refractivity contribution in [3.8, 4) is 16.9 Å². The Morgan fingerprint density at radius 3 is 2.26 bits per heavy atom. The van der Waals surface area contributed by atoms with Gasteiger partial charge in [-0.15, -0.1) is 0 Å². The number of hydrogen-bond acceptors (Lipinski definition) is 1. The molecule has 0 atom stereocenters. The molecule has 4 heteroatoms. The normalized spacial score (nSPS) is 18.2. The van der Waals surface area contributed by atoms with Crippen molar-refractivity contribution in [1.29, 1.82) is 0 Å². The van der Waals surface area contributed by atoms with Crippen LogP contribution in [0, 0.1) is 23.4 Å². The van der Waals surface area contributed by atoms with E-state index in [4.69, 9.17) is 4.74 Å². The molecule has 3 aromatic carbocycles. The van der Waals surface area contributed by atoms with E-state index in [1.54, 1.807) is 24.3 Å². The fourth-order valence-electron chi connectivity index (χ4n) is 5.00. The Labute approximate surface area is 206 Å².